The van der Waals surface area contributed by atoms with Crippen molar-refractivity contribution in [3.63, 3.8) is 0 Å². The van der Waals surface area contributed by atoms with E-state index in [9.17, 15) is 4.79 Å². The molecule has 4 nitrogen and oxygen atoms in total. The van der Waals surface area contributed by atoms with E-state index in [2.05, 4.69) is 23.0 Å². The van der Waals surface area contributed by atoms with Gasteiger partial charge in [0.2, 0.25) is 5.91 Å². The Kier molecular flexibility index (Phi) is 4.31. The summed E-state index contributed by atoms with van der Waals surface area (Å²) in [6.07, 6.45) is 7.61. The first-order valence-corrected chi connectivity index (χ1v) is 6.71. The minimum absolute atomic E-state index is 0.149. The van der Waals surface area contributed by atoms with Crippen molar-refractivity contribution in [2.75, 3.05) is 5.32 Å². The van der Waals surface area contributed by atoms with Crippen molar-refractivity contribution in [1.82, 2.24) is 4.98 Å². The standard InChI is InChI=1S/C14H21N3O/c1-10(15)11-2-4-12(5-3-11)14(18)17-13-6-8-16-9-7-13/h6-12H,2-5,15H2,1H3,(H,16,17,18)/p+1/t10-,11?,12?/m1/s1. The van der Waals surface area contributed by atoms with Crippen LogP contribution in [0.5, 0.6) is 0 Å². The van der Waals surface area contributed by atoms with Gasteiger partial charge in [0.25, 0.3) is 0 Å². The summed E-state index contributed by atoms with van der Waals surface area (Å²) in [7, 11) is 0. The molecule has 1 fully saturated rings. The molecule has 1 aromatic heterocycles. The maximum atomic E-state index is 12.1. The number of quaternary nitrogens is 1. The van der Waals surface area contributed by atoms with E-state index < -0.39 is 0 Å². The van der Waals surface area contributed by atoms with Crippen LogP contribution in [0, 0.1) is 11.8 Å². The molecule has 18 heavy (non-hydrogen) atoms. The van der Waals surface area contributed by atoms with Gasteiger partial charge in [0.05, 0.1) is 6.04 Å². The van der Waals surface area contributed by atoms with Crippen LogP contribution in [-0.2, 0) is 4.79 Å². The molecule has 2 rings (SSSR count). The Morgan fingerprint density at radius 2 is 1.94 bits per heavy atom. The predicted molar refractivity (Wildman–Crippen MR) is 70.7 cm³/mol. The van der Waals surface area contributed by atoms with Crippen molar-refractivity contribution in [1.29, 1.82) is 0 Å². The van der Waals surface area contributed by atoms with Gasteiger partial charge in [-0.1, -0.05) is 0 Å². The van der Waals surface area contributed by atoms with Crippen molar-refractivity contribution >= 4 is 11.6 Å². The maximum Gasteiger partial charge on any atom is 0.227 e. The molecule has 0 aliphatic heterocycles. The molecule has 1 heterocycles. The number of nitrogens with zero attached hydrogens (tertiary/aromatic N) is 1. The zero-order valence-corrected chi connectivity index (χ0v) is 10.9. The summed E-state index contributed by atoms with van der Waals surface area (Å²) < 4.78 is 0. The van der Waals surface area contributed by atoms with E-state index in [0.717, 1.165) is 31.4 Å². The molecule has 1 saturated carbocycles. The second-order valence-corrected chi connectivity index (χ2v) is 5.31. The first-order valence-electron chi connectivity index (χ1n) is 6.71. The van der Waals surface area contributed by atoms with E-state index in [0.29, 0.717) is 12.0 Å². The first-order chi connectivity index (χ1) is 8.66. The van der Waals surface area contributed by atoms with Crippen LogP contribution in [0.4, 0.5) is 5.69 Å². The van der Waals surface area contributed by atoms with Crippen molar-refractivity contribution in [3.05, 3.63) is 24.5 Å². The van der Waals surface area contributed by atoms with Crippen molar-refractivity contribution in [3.8, 4) is 0 Å². The zero-order chi connectivity index (χ0) is 13.0. The molecule has 4 heteroatoms. The van der Waals surface area contributed by atoms with Crippen LogP contribution in [0.2, 0.25) is 0 Å². The molecule has 0 radical (unpaired) electrons. The fraction of sp³-hybridized carbons (Fsp3) is 0.571. The minimum Gasteiger partial charge on any atom is -0.355 e. The monoisotopic (exact) mass is 248 g/mol. The summed E-state index contributed by atoms with van der Waals surface area (Å²) in [6, 6.07) is 4.14. The molecule has 0 aromatic carbocycles. The van der Waals surface area contributed by atoms with Gasteiger partial charge in [0.15, 0.2) is 0 Å². The molecule has 1 aromatic rings. The molecule has 1 aliphatic rings. The molecule has 0 spiro atoms. The van der Waals surface area contributed by atoms with Gasteiger partial charge in [-0.2, -0.15) is 0 Å². The highest BCUT2D eigenvalue weighted by molar-refractivity contribution is 5.92. The lowest BCUT2D eigenvalue weighted by Crippen LogP contribution is -2.63. The highest BCUT2D eigenvalue weighted by atomic mass is 16.1. The number of aromatic nitrogens is 1. The maximum absolute atomic E-state index is 12.1. The number of carbonyl (C=O) groups excluding carboxylic acids is 1. The molecule has 0 bridgehead atoms. The summed E-state index contributed by atoms with van der Waals surface area (Å²) in [5, 5.41) is 2.96. The summed E-state index contributed by atoms with van der Waals surface area (Å²) in [4.78, 5) is 16.0. The normalized spacial score (nSPS) is 25.4. The highest BCUT2D eigenvalue weighted by Gasteiger charge is 2.29. The Morgan fingerprint density at radius 3 is 2.50 bits per heavy atom. The van der Waals surface area contributed by atoms with Crippen LogP contribution < -0.4 is 11.1 Å². The van der Waals surface area contributed by atoms with Gasteiger partial charge in [-0.15, -0.1) is 0 Å². The average molecular weight is 248 g/mol. The van der Waals surface area contributed by atoms with E-state index in [-0.39, 0.29) is 11.8 Å². The number of anilines is 1. The van der Waals surface area contributed by atoms with Crippen LogP contribution in [-0.4, -0.2) is 16.9 Å². The molecule has 4 N–H and O–H groups in total. The number of nitrogens with one attached hydrogen (secondary N) is 1. The van der Waals surface area contributed by atoms with Crippen molar-refractivity contribution < 1.29 is 10.5 Å². The lowest BCUT2D eigenvalue weighted by atomic mass is 9.79. The van der Waals surface area contributed by atoms with Gasteiger partial charge >= 0.3 is 0 Å². The van der Waals surface area contributed by atoms with Gasteiger partial charge in [0, 0.05) is 29.9 Å². The molecule has 1 amide bonds. The van der Waals surface area contributed by atoms with E-state index in [1.54, 1.807) is 12.4 Å². The zero-order valence-electron chi connectivity index (χ0n) is 10.9. The Hall–Kier alpha value is -1.42. The quantitative estimate of drug-likeness (QED) is 0.850. The molecule has 0 saturated heterocycles. The van der Waals surface area contributed by atoms with E-state index >= 15 is 0 Å². The van der Waals surface area contributed by atoms with E-state index in [1.807, 2.05) is 12.1 Å². The van der Waals surface area contributed by atoms with Crippen molar-refractivity contribution in [2.24, 2.45) is 11.8 Å². The molecular weight excluding hydrogens is 226 g/mol. The third kappa shape index (κ3) is 3.29. The molecular formula is C14H22N3O+. The Bertz CT molecular complexity index is 383. The number of hydrogen-bond acceptors (Lipinski definition) is 2. The third-order valence-electron chi connectivity index (χ3n) is 3.90. The molecule has 98 valence electrons. The topological polar surface area (TPSA) is 69.6 Å². The fourth-order valence-electron chi connectivity index (χ4n) is 2.63. The van der Waals surface area contributed by atoms with Crippen LogP contribution in [0.1, 0.15) is 32.6 Å². The minimum atomic E-state index is 0.149. The smallest absolute Gasteiger partial charge is 0.227 e. The van der Waals surface area contributed by atoms with Gasteiger partial charge in [-0.25, -0.2) is 0 Å². The number of hydrogen-bond donors (Lipinski definition) is 2. The summed E-state index contributed by atoms with van der Waals surface area (Å²) in [5.74, 6) is 1.000. The summed E-state index contributed by atoms with van der Waals surface area (Å²) >= 11 is 0. The van der Waals surface area contributed by atoms with E-state index in [1.165, 1.54) is 0 Å². The Labute approximate surface area is 108 Å². The average Bonchev–Trinajstić information content (AvgIpc) is 2.40. The highest BCUT2D eigenvalue weighted by Crippen LogP contribution is 2.30. The predicted octanol–water partition coefficient (Wildman–Crippen LogP) is 1.46. The van der Waals surface area contributed by atoms with Crippen LogP contribution >= 0.6 is 0 Å². The summed E-state index contributed by atoms with van der Waals surface area (Å²) in [6.45, 7) is 2.17. The van der Waals surface area contributed by atoms with Crippen LogP contribution in [0.3, 0.4) is 0 Å². The number of rotatable bonds is 3. The number of carbonyl (C=O) groups is 1. The number of pyridine rings is 1. The second-order valence-electron chi connectivity index (χ2n) is 5.31. The second kappa shape index (κ2) is 5.96. The lowest BCUT2D eigenvalue weighted by Gasteiger charge is -2.28. The van der Waals surface area contributed by atoms with E-state index in [4.69, 9.17) is 0 Å². The van der Waals surface area contributed by atoms with Gasteiger partial charge in [-0.05, 0) is 44.7 Å². The molecule has 0 unspecified atom stereocenters. The van der Waals surface area contributed by atoms with Crippen molar-refractivity contribution in [2.45, 2.75) is 38.6 Å². The fourth-order valence-corrected chi connectivity index (χ4v) is 2.63. The number of amides is 1. The van der Waals surface area contributed by atoms with Crippen LogP contribution in [0.25, 0.3) is 0 Å². The lowest BCUT2D eigenvalue weighted by molar-refractivity contribution is -0.428. The SMILES string of the molecule is C[C@@H]([NH3+])C1CCC(C(=O)Nc2ccncc2)CC1. The molecule has 1 aliphatic carbocycles. The largest absolute Gasteiger partial charge is 0.355 e. The van der Waals surface area contributed by atoms with Crippen LogP contribution in [0.15, 0.2) is 24.5 Å². The Morgan fingerprint density at radius 1 is 1.33 bits per heavy atom. The molecule has 1 atom stereocenters. The van der Waals surface area contributed by atoms with Gasteiger partial charge in [0.1, 0.15) is 0 Å². The Balaban J connectivity index is 1.85. The van der Waals surface area contributed by atoms with Gasteiger partial charge in [-0.3, -0.25) is 9.78 Å². The third-order valence-corrected chi connectivity index (χ3v) is 3.90. The first kappa shape index (κ1) is 13.0. The van der Waals surface area contributed by atoms with Gasteiger partial charge < -0.3 is 11.1 Å². The summed E-state index contributed by atoms with van der Waals surface area (Å²) in [5.41, 5.74) is 4.93.